The van der Waals surface area contributed by atoms with Crippen LogP contribution in [0.15, 0.2) is 30.3 Å². The fraction of sp³-hybridized carbons (Fsp3) is 0.385. The van der Waals surface area contributed by atoms with Crippen molar-refractivity contribution in [1.82, 2.24) is 0 Å². The quantitative estimate of drug-likeness (QED) is 0.587. The molecule has 6 N–H and O–H groups in total. The van der Waals surface area contributed by atoms with Crippen LogP contribution < -0.4 is 11.5 Å². The van der Waals surface area contributed by atoms with Crippen molar-refractivity contribution in [2.45, 2.75) is 25.3 Å². The Kier molecular flexibility index (Phi) is 7.40. The zero-order valence-electron chi connectivity index (χ0n) is 10.9. The fourth-order valence-corrected chi connectivity index (χ4v) is 1.18. The van der Waals surface area contributed by atoms with Crippen LogP contribution >= 0.6 is 0 Å². The number of nitrogens with two attached hydrogens (primary N) is 2. The van der Waals surface area contributed by atoms with Crippen molar-refractivity contribution in [3.05, 3.63) is 35.9 Å². The van der Waals surface area contributed by atoms with Crippen LogP contribution in [0.2, 0.25) is 0 Å². The minimum absolute atomic E-state index is 0.226. The molecule has 0 amide bonds. The molecule has 0 saturated carbocycles. The van der Waals surface area contributed by atoms with E-state index in [4.69, 9.17) is 31.3 Å². The van der Waals surface area contributed by atoms with Crippen LogP contribution in [0.25, 0.3) is 0 Å². The van der Waals surface area contributed by atoms with Gasteiger partial charge in [-0.1, -0.05) is 30.3 Å². The van der Waals surface area contributed by atoms with Crippen LogP contribution in [-0.2, 0) is 16.0 Å². The van der Waals surface area contributed by atoms with E-state index in [9.17, 15) is 0 Å². The molecule has 0 fully saturated rings. The molecule has 0 aliphatic rings. The van der Waals surface area contributed by atoms with Crippen LogP contribution in [0.3, 0.4) is 0 Å². The van der Waals surface area contributed by atoms with E-state index in [-0.39, 0.29) is 5.54 Å². The minimum Gasteiger partial charge on any atom is -0.473 e. The maximum absolute atomic E-state index is 9.10. The number of carbonyl (C=O) groups is 2. The van der Waals surface area contributed by atoms with E-state index in [2.05, 4.69) is 12.1 Å². The van der Waals surface area contributed by atoms with Crippen LogP contribution in [0.5, 0.6) is 0 Å². The number of aliphatic carboxylic acids is 2. The van der Waals surface area contributed by atoms with Gasteiger partial charge in [0, 0.05) is 12.1 Å². The first-order valence-corrected chi connectivity index (χ1v) is 5.77. The van der Waals surface area contributed by atoms with Crippen molar-refractivity contribution < 1.29 is 19.8 Å². The first kappa shape index (κ1) is 17.1. The predicted molar refractivity (Wildman–Crippen MR) is 71.7 cm³/mol. The summed E-state index contributed by atoms with van der Waals surface area (Å²) >= 11 is 0. The highest BCUT2D eigenvalue weighted by Crippen LogP contribution is 2.09. The van der Waals surface area contributed by atoms with E-state index in [1.165, 1.54) is 5.56 Å². The van der Waals surface area contributed by atoms with Gasteiger partial charge in [0.1, 0.15) is 0 Å². The van der Waals surface area contributed by atoms with Gasteiger partial charge in [-0.05, 0) is 25.3 Å². The lowest BCUT2D eigenvalue weighted by molar-refractivity contribution is -0.159. The molecular weight excluding hydrogens is 248 g/mol. The van der Waals surface area contributed by atoms with Crippen molar-refractivity contribution in [2.75, 3.05) is 6.54 Å². The fourth-order valence-electron chi connectivity index (χ4n) is 1.18. The van der Waals surface area contributed by atoms with Crippen molar-refractivity contribution in [3.8, 4) is 0 Å². The molecule has 19 heavy (non-hydrogen) atoms. The normalized spacial score (nSPS) is 12.8. The van der Waals surface area contributed by atoms with Crippen molar-refractivity contribution in [3.63, 3.8) is 0 Å². The molecule has 1 aromatic rings. The Morgan fingerprint density at radius 2 is 1.63 bits per heavy atom. The lowest BCUT2D eigenvalue weighted by Gasteiger charge is -2.22. The molecule has 1 unspecified atom stereocenters. The molecule has 0 saturated heterocycles. The second kappa shape index (κ2) is 8.23. The number of benzene rings is 1. The molecule has 0 heterocycles. The largest absolute Gasteiger partial charge is 0.473 e. The Labute approximate surface area is 112 Å². The molecular formula is C13H20N2O4. The second-order valence-corrected chi connectivity index (χ2v) is 4.45. The highest BCUT2D eigenvalue weighted by Gasteiger charge is 2.15. The molecule has 0 aromatic heterocycles. The third-order valence-electron chi connectivity index (χ3n) is 2.48. The highest BCUT2D eigenvalue weighted by molar-refractivity contribution is 6.27. The monoisotopic (exact) mass is 268 g/mol. The number of hydrogen-bond donors (Lipinski definition) is 4. The number of aryl methyl sites for hydroxylation is 1. The number of carboxylic acid groups (broad SMARTS) is 2. The third-order valence-corrected chi connectivity index (χ3v) is 2.48. The number of rotatable bonds is 4. The SMILES string of the molecule is CC(N)(CN)CCc1ccccc1.O=C(O)C(=O)O. The maximum atomic E-state index is 9.10. The summed E-state index contributed by atoms with van der Waals surface area (Å²) in [5, 5.41) is 14.8. The van der Waals surface area contributed by atoms with E-state index in [1.807, 2.05) is 25.1 Å². The lowest BCUT2D eigenvalue weighted by atomic mass is 9.95. The Morgan fingerprint density at radius 1 is 1.16 bits per heavy atom. The lowest BCUT2D eigenvalue weighted by Crippen LogP contribution is -2.44. The molecule has 6 nitrogen and oxygen atoms in total. The summed E-state index contributed by atoms with van der Waals surface area (Å²) in [4.78, 5) is 18.2. The second-order valence-electron chi connectivity index (χ2n) is 4.45. The summed E-state index contributed by atoms with van der Waals surface area (Å²) in [6.07, 6.45) is 1.94. The first-order chi connectivity index (χ1) is 8.78. The van der Waals surface area contributed by atoms with Crippen molar-refractivity contribution >= 4 is 11.9 Å². The number of hydrogen-bond acceptors (Lipinski definition) is 4. The summed E-state index contributed by atoms with van der Waals surface area (Å²) in [5.74, 6) is -3.65. The van der Waals surface area contributed by atoms with Gasteiger partial charge in [-0.2, -0.15) is 0 Å². The molecule has 1 rings (SSSR count). The average Bonchev–Trinajstić information content (AvgIpc) is 2.38. The van der Waals surface area contributed by atoms with Crippen LogP contribution in [-0.4, -0.2) is 34.2 Å². The van der Waals surface area contributed by atoms with E-state index in [0.29, 0.717) is 6.54 Å². The van der Waals surface area contributed by atoms with Crippen molar-refractivity contribution in [2.24, 2.45) is 11.5 Å². The topological polar surface area (TPSA) is 127 Å². The van der Waals surface area contributed by atoms with Gasteiger partial charge >= 0.3 is 11.9 Å². The standard InChI is InChI=1S/C11H18N2.C2H2O4/c1-11(13,9-12)8-7-10-5-3-2-4-6-10;3-1(4)2(5)6/h2-6H,7-9,12-13H2,1H3;(H,3,4)(H,5,6). The van der Waals surface area contributed by atoms with Gasteiger partial charge in [-0.15, -0.1) is 0 Å². The van der Waals surface area contributed by atoms with Crippen LogP contribution in [0.4, 0.5) is 0 Å². The molecule has 0 aliphatic carbocycles. The van der Waals surface area contributed by atoms with Gasteiger partial charge in [-0.25, -0.2) is 9.59 Å². The van der Waals surface area contributed by atoms with E-state index < -0.39 is 11.9 Å². The summed E-state index contributed by atoms with van der Waals surface area (Å²) in [6, 6.07) is 10.4. The molecule has 6 heteroatoms. The maximum Gasteiger partial charge on any atom is 0.414 e. The van der Waals surface area contributed by atoms with Crippen LogP contribution in [0, 0.1) is 0 Å². The average molecular weight is 268 g/mol. The number of carboxylic acids is 2. The molecule has 1 aromatic carbocycles. The Bertz CT molecular complexity index is 392. The summed E-state index contributed by atoms with van der Waals surface area (Å²) in [5.41, 5.74) is 12.6. The minimum atomic E-state index is -1.82. The van der Waals surface area contributed by atoms with Crippen molar-refractivity contribution in [1.29, 1.82) is 0 Å². The Hall–Kier alpha value is -1.92. The van der Waals surface area contributed by atoms with Gasteiger partial charge in [0.05, 0.1) is 0 Å². The summed E-state index contributed by atoms with van der Waals surface area (Å²) in [6.45, 7) is 2.54. The molecule has 0 aliphatic heterocycles. The first-order valence-electron chi connectivity index (χ1n) is 5.77. The van der Waals surface area contributed by atoms with Gasteiger partial charge in [0.25, 0.3) is 0 Å². The summed E-state index contributed by atoms with van der Waals surface area (Å²) in [7, 11) is 0. The van der Waals surface area contributed by atoms with Crippen LogP contribution in [0.1, 0.15) is 18.9 Å². The van der Waals surface area contributed by atoms with E-state index in [1.54, 1.807) is 0 Å². The van der Waals surface area contributed by atoms with Gasteiger partial charge in [-0.3, -0.25) is 0 Å². The van der Waals surface area contributed by atoms with E-state index in [0.717, 1.165) is 12.8 Å². The van der Waals surface area contributed by atoms with Gasteiger partial charge in [0.2, 0.25) is 0 Å². The Morgan fingerprint density at radius 3 is 2.00 bits per heavy atom. The van der Waals surface area contributed by atoms with Gasteiger partial charge in [0.15, 0.2) is 0 Å². The molecule has 1 atom stereocenters. The van der Waals surface area contributed by atoms with Gasteiger partial charge < -0.3 is 21.7 Å². The zero-order chi connectivity index (χ0) is 14.9. The predicted octanol–water partition coefficient (Wildman–Crippen LogP) is 0.451. The molecule has 106 valence electrons. The molecule has 0 bridgehead atoms. The Balaban J connectivity index is 0.000000459. The third kappa shape index (κ3) is 8.76. The molecule has 0 radical (unpaired) electrons. The van der Waals surface area contributed by atoms with E-state index >= 15 is 0 Å². The highest BCUT2D eigenvalue weighted by atomic mass is 16.4. The smallest absolute Gasteiger partial charge is 0.414 e. The summed E-state index contributed by atoms with van der Waals surface area (Å²) < 4.78 is 0. The molecule has 0 spiro atoms. The zero-order valence-corrected chi connectivity index (χ0v) is 10.9.